The van der Waals surface area contributed by atoms with Crippen LogP contribution in [-0.4, -0.2) is 21.0 Å². The SMILES string of the molecule is CCCN(c1cc(S(N)(=O)=O)ccc1N)C(C)C. The van der Waals surface area contributed by atoms with E-state index in [1.54, 1.807) is 12.1 Å². The highest BCUT2D eigenvalue weighted by molar-refractivity contribution is 7.89. The molecule has 0 atom stereocenters. The molecule has 0 aliphatic heterocycles. The van der Waals surface area contributed by atoms with Gasteiger partial charge in [0.2, 0.25) is 10.0 Å². The predicted molar refractivity (Wildman–Crippen MR) is 75.0 cm³/mol. The number of hydrogen-bond donors (Lipinski definition) is 2. The Labute approximate surface area is 109 Å². The van der Waals surface area contributed by atoms with Crippen LogP contribution in [0, 0.1) is 0 Å². The molecule has 1 rings (SSSR count). The molecule has 6 heteroatoms. The average Bonchev–Trinajstić information content (AvgIpc) is 2.25. The number of benzene rings is 1. The Balaban J connectivity index is 3.29. The van der Waals surface area contributed by atoms with Crippen molar-refractivity contribution in [2.75, 3.05) is 17.2 Å². The lowest BCUT2D eigenvalue weighted by Gasteiger charge is -2.30. The van der Waals surface area contributed by atoms with Crippen LogP contribution >= 0.6 is 0 Å². The molecule has 18 heavy (non-hydrogen) atoms. The van der Waals surface area contributed by atoms with Crippen LogP contribution < -0.4 is 15.8 Å². The van der Waals surface area contributed by atoms with Crippen molar-refractivity contribution in [1.82, 2.24) is 0 Å². The fourth-order valence-electron chi connectivity index (χ4n) is 1.85. The molecule has 0 spiro atoms. The number of nitrogen functional groups attached to an aromatic ring is 1. The van der Waals surface area contributed by atoms with Crippen molar-refractivity contribution in [3.05, 3.63) is 18.2 Å². The maximum atomic E-state index is 11.4. The van der Waals surface area contributed by atoms with Gasteiger partial charge in [0.1, 0.15) is 0 Å². The van der Waals surface area contributed by atoms with Crippen molar-refractivity contribution < 1.29 is 8.42 Å². The average molecular weight is 271 g/mol. The van der Waals surface area contributed by atoms with Gasteiger partial charge in [0.15, 0.2) is 0 Å². The molecule has 0 saturated heterocycles. The van der Waals surface area contributed by atoms with Gasteiger partial charge in [-0.3, -0.25) is 0 Å². The van der Waals surface area contributed by atoms with E-state index in [0.29, 0.717) is 5.69 Å². The smallest absolute Gasteiger partial charge is 0.238 e. The summed E-state index contributed by atoms with van der Waals surface area (Å²) in [6.07, 6.45) is 0.956. The fraction of sp³-hybridized carbons (Fsp3) is 0.500. The van der Waals surface area contributed by atoms with Gasteiger partial charge in [0.25, 0.3) is 0 Å². The maximum absolute atomic E-state index is 11.4. The summed E-state index contributed by atoms with van der Waals surface area (Å²) in [5.74, 6) is 0. The molecular formula is C12H21N3O2S. The monoisotopic (exact) mass is 271 g/mol. The molecule has 0 unspecified atom stereocenters. The Morgan fingerprint density at radius 1 is 1.33 bits per heavy atom. The van der Waals surface area contributed by atoms with Crippen LogP contribution in [0.3, 0.4) is 0 Å². The quantitative estimate of drug-likeness (QED) is 0.795. The minimum Gasteiger partial charge on any atom is -0.397 e. The van der Waals surface area contributed by atoms with Crippen molar-refractivity contribution in [2.24, 2.45) is 5.14 Å². The molecule has 102 valence electrons. The summed E-state index contributed by atoms with van der Waals surface area (Å²) in [5, 5.41) is 5.14. The van der Waals surface area contributed by atoms with Crippen molar-refractivity contribution >= 4 is 21.4 Å². The molecule has 0 heterocycles. The predicted octanol–water partition coefficient (Wildman–Crippen LogP) is 1.54. The van der Waals surface area contributed by atoms with Crippen LogP contribution in [0.15, 0.2) is 23.1 Å². The van der Waals surface area contributed by atoms with Crippen molar-refractivity contribution in [2.45, 2.75) is 38.1 Å². The molecule has 0 aliphatic rings. The minimum absolute atomic E-state index is 0.0912. The van der Waals surface area contributed by atoms with Crippen LogP contribution in [0.5, 0.6) is 0 Å². The molecule has 0 radical (unpaired) electrons. The molecule has 0 saturated carbocycles. The normalized spacial score (nSPS) is 11.8. The second-order valence-corrected chi connectivity index (χ2v) is 6.11. The topological polar surface area (TPSA) is 89.4 Å². The van der Waals surface area contributed by atoms with Gasteiger partial charge < -0.3 is 10.6 Å². The summed E-state index contributed by atoms with van der Waals surface area (Å²) in [6.45, 7) is 6.96. The molecule has 4 N–H and O–H groups in total. The Morgan fingerprint density at radius 2 is 1.94 bits per heavy atom. The summed E-state index contributed by atoms with van der Waals surface area (Å²) >= 11 is 0. The van der Waals surface area contributed by atoms with Crippen molar-refractivity contribution in [3.8, 4) is 0 Å². The van der Waals surface area contributed by atoms with Gasteiger partial charge in [-0.1, -0.05) is 6.92 Å². The van der Waals surface area contributed by atoms with Gasteiger partial charge in [-0.25, -0.2) is 13.6 Å². The molecule has 1 aromatic carbocycles. The highest BCUT2D eigenvalue weighted by atomic mass is 32.2. The number of anilines is 2. The van der Waals surface area contributed by atoms with E-state index in [1.807, 2.05) is 13.8 Å². The van der Waals surface area contributed by atoms with E-state index >= 15 is 0 Å². The third-order valence-corrected chi connectivity index (χ3v) is 3.64. The summed E-state index contributed by atoms with van der Waals surface area (Å²) in [5.41, 5.74) is 7.20. The van der Waals surface area contributed by atoms with E-state index in [0.717, 1.165) is 18.7 Å². The first-order chi connectivity index (χ1) is 8.27. The Morgan fingerprint density at radius 3 is 2.39 bits per heavy atom. The number of nitrogens with two attached hydrogens (primary N) is 2. The van der Waals surface area contributed by atoms with E-state index in [9.17, 15) is 8.42 Å². The summed E-state index contributed by atoms with van der Waals surface area (Å²) in [7, 11) is -3.70. The number of rotatable bonds is 5. The number of hydrogen-bond acceptors (Lipinski definition) is 4. The van der Waals surface area contributed by atoms with Crippen molar-refractivity contribution in [3.63, 3.8) is 0 Å². The molecule has 0 bridgehead atoms. The van der Waals surface area contributed by atoms with E-state index in [4.69, 9.17) is 10.9 Å². The zero-order chi connectivity index (χ0) is 13.9. The van der Waals surface area contributed by atoms with Gasteiger partial charge >= 0.3 is 0 Å². The van der Waals surface area contributed by atoms with Gasteiger partial charge in [-0.05, 0) is 38.5 Å². The van der Waals surface area contributed by atoms with E-state index in [-0.39, 0.29) is 10.9 Å². The highest BCUT2D eigenvalue weighted by Gasteiger charge is 2.16. The molecule has 5 nitrogen and oxygen atoms in total. The molecule has 0 fully saturated rings. The molecule has 1 aromatic rings. The Hall–Kier alpha value is -1.27. The molecular weight excluding hydrogens is 250 g/mol. The minimum atomic E-state index is -3.70. The van der Waals surface area contributed by atoms with Gasteiger partial charge in [0, 0.05) is 12.6 Å². The van der Waals surface area contributed by atoms with Gasteiger partial charge in [-0.15, -0.1) is 0 Å². The summed E-state index contributed by atoms with van der Waals surface area (Å²) < 4.78 is 22.7. The van der Waals surface area contributed by atoms with E-state index in [1.165, 1.54) is 6.07 Å². The lowest BCUT2D eigenvalue weighted by atomic mass is 10.2. The molecule has 0 aromatic heterocycles. The third kappa shape index (κ3) is 3.36. The van der Waals surface area contributed by atoms with E-state index in [2.05, 4.69) is 11.8 Å². The largest absolute Gasteiger partial charge is 0.397 e. The highest BCUT2D eigenvalue weighted by Crippen LogP contribution is 2.28. The standard InChI is InChI=1S/C12H21N3O2S/c1-4-7-15(9(2)3)12-8-10(18(14,16)17)5-6-11(12)13/h5-6,8-9H,4,7,13H2,1-3H3,(H2,14,16,17). The molecule has 0 amide bonds. The second kappa shape index (κ2) is 5.58. The van der Waals surface area contributed by atoms with Gasteiger partial charge in [0.05, 0.1) is 16.3 Å². The lowest BCUT2D eigenvalue weighted by molar-refractivity contribution is 0.597. The lowest BCUT2D eigenvalue weighted by Crippen LogP contribution is -2.32. The zero-order valence-corrected chi connectivity index (χ0v) is 11.9. The van der Waals surface area contributed by atoms with Gasteiger partial charge in [-0.2, -0.15) is 0 Å². The maximum Gasteiger partial charge on any atom is 0.238 e. The summed E-state index contributed by atoms with van der Waals surface area (Å²) in [4.78, 5) is 2.16. The third-order valence-electron chi connectivity index (χ3n) is 2.73. The van der Waals surface area contributed by atoms with Crippen LogP contribution in [0.25, 0.3) is 0 Å². The summed E-state index contributed by atoms with van der Waals surface area (Å²) in [6, 6.07) is 4.79. The first kappa shape index (κ1) is 14.8. The Kier molecular flexibility index (Phi) is 4.59. The first-order valence-electron chi connectivity index (χ1n) is 5.96. The van der Waals surface area contributed by atoms with E-state index < -0.39 is 10.0 Å². The zero-order valence-electron chi connectivity index (χ0n) is 11.1. The number of sulfonamides is 1. The number of nitrogens with zero attached hydrogens (tertiary/aromatic N) is 1. The van der Waals surface area contributed by atoms with Crippen LogP contribution in [0.4, 0.5) is 11.4 Å². The number of primary sulfonamides is 1. The molecule has 0 aliphatic carbocycles. The van der Waals surface area contributed by atoms with Crippen molar-refractivity contribution in [1.29, 1.82) is 0 Å². The fourth-order valence-corrected chi connectivity index (χ4v) is 2.38. The van der Waals surface area contributed by atoms with Crippen LogP contribution in [0.2, 0.25) is 0 Å². The Bertz CT molecular complexity index is 512. The second-order valence-electron chi connectivity index (χ2n) is 4.55. The first-order valence-corrected chi connectivity index (χ1v) is 7.51. The van der Waals surface area contributed by atoms with Crippen LogP contribution in [0.1, 0.15) is 27.2 Å². The van der Waals surface area contributed by atoms with Crippen LogP contribution in [-0.2, 0) is 10.0 Å².